The normalized spacial score (nSPS) is 11.2. The van der Waals surface area contributed by atoms with Gasteiger partial charge >= 0.3 is 5.97 Å². The molecule has 0 aliphatic heterocycles. The minimum Gasteiger partial charge on any atom is -0.480 e. The predicted molar refractivity (Wildman–Crippen MR) is 65.8 cm³/mol. The van der Waals surface area contributed by atoms with E-state index < -0.39 is 11.5 Å². The lowest BCUT2D eigenvalue weighted by atomic mass is 10.0. The topological polar surface area (TPSA) is 57.6 Å². The molecule has 1 aromatic rings. The number of rotatable bonds is 3. The van der Waals surface area contributed by atoms with Gasteiger partial charge < -0.3 is 10.0 Å². The summed E-state index contributed by atoms with van der Waals surface area (Å²) in [6.45, 7) is 2.99. The molecule has 0 bridgehead atoms. The first kappa shape index (κ1) is 13.2. The van der Waals surface area contributed by atoms with E-state index in [1.165, 1.54) is 37.1 Å². The fourth-order valence-electron chi connectivity index (χ4n) is 0.996. The zero-order chi connectivity index (χ0) is 12.5. The van der Waals surface area contributed by atoms with Crippen molar-refractivity contribution in [2.45, 2.75) is 19.4 Å². The van der Waals surface area contributed by atoms with Gasteiger partial charge in [0.2, 0.25) is 0 Å². The van der Waals surface area contributed by atoms with Crippen LogP contribution in [0.4, 0.5) is 0 Å². The molecule has 1 N–H and O–H groups in total. The molecule has 0 saturated heterocycles. The van der Waals surface area contributed by atoms with Crippen molar-refractivity contribution in [2.75, 3.05) is 7.05 Å². The number of carboxylic acids is 1. The van der Waals surface area contributed by atoms with Gasteiger partial charge in [0.1, 0.15) is 10.4 Å². The van der Waals surface area contributed by atoms with Crippen LogP contribution in [0, 0.1) is 0 Å². The van der Waals surface area contributed by atoms with Gasteiger partial charge in [0, 0.05) is 11.5 Å². The molecule has 1 amide bonds. The second-order valence-corrected chi connectivity index (χ2v) is 5.60. The van der Waals surface area contributed by atoms with E-state index in [9.17, 15) is 9.59 Å². The van der Waals surface area contributed by atoms with Crippen molar-refractivity contribution in [1.82, 2.24) is 4.90 Å². The van der Waals surface area contributed by atoms with Gasteiger partial charge in [-0.3, -0.25) is 4.79 Å². The van der Waals surface area contributed by atoms with Crippen LogP contribution >= 0.6 is 27.3 Å². The zero-order valence-electron chi connectivity index (χ0n) is 9.15. The van der Waals surface area contributed by atoms with Gasteiger partial charge in [-0.15, -0.1) is 11.3 Å². The number of nitrogens with zero attached hydrogens (tertiary/aromatic N) is 1. The van der Waals surface area contributed by atoms with Crippen LogP contribution in [-0.2, 0) is 4.79 Å². The summed E-state index contributed by atoms with van der Waals surface area (Å²) >= 11 is 4.54. The van der Waals surface area contributed by atoms with Crippen molar-refractivity contribution >= 4 is 39.1 Å². The van der Waals surface area contributed by atoms with Crippen LogP contribution in [0.1, 0.15) is 23.5 Å². The van der Waals surface area contributed by atoms with Crippen molar-refractivity contribution in [3.63, 3.8) is 0 Å². The van der Waals surface area contributed by atoms with Gasteiger partial charge in [-0.25, -0.2) is 4.79 Å². The van der Waals surface area contributed by atoms with Crippen LogP contribution in [0.3, 0.4) is 0 Å². The molecule has 0 unspecified atom stereocenters. The highest BCUT2D eigenvalue weighted by Crippen LogP contribution is 2.26. The van der Waals surface area contributed by atoms with E-state index in [0.29, 0.717) is 9.35 Å². The molecule has 0 radical (unpaired) electrons. The maximum atomic E-state index is 12.0. The first-order valence-electron chi connectivity index (χ1n) is 4.53. The Morgan fingerprint density at radius 1 is 1.50 bits per heavy atom. The number of hydrogen-bond donors (Lipinski definition) is 1. The predicted octanol–water partition coefficient (Wildman–Crippen LogP) is 2.45. The second kappa shape index (κ2) is 4.55. The first-order chi connectivity index (χ1) is 7.28. The number of likely N-dealkylation sites (N-methyl/N-ethyl adjacent to an activating group) is 1. The standard InChI is InChI=1S/C10H12BrNO3S/c1-10(2,9(14)15)12(3)8(13)7-6(11)4-5-16-7/h4-5H,1-3H3,(H,14,15). The number of hydrogen-bond acceptors (Lipinski definition) is 3. The quantitative estimate of drug-likeness (QED) is 0.933. The Hall–Kier alpha value is -0.880. The third-order valence-corrected chi connectivity index (χ3v) is 4.30. The van der Waals surface area contributed by atoms with Crippen molar-refractivity contribution in [2.24, 2.45) is 0 Å². The Labute approximate surface area is 106 Å². The molecule has 0 fully saturated rings. The second-order valence-electron chi connectivity index (χ2n) is 3.83. The highest BCUT2D eigenvalue weighted by Gasteiger charge is 2.36. The van der Waals surface area contributed by atoms with Gasteiger partial charge in [-0.2, -0.15) is 0 Å². The fraction of sp³-hybridized carbons (Fsp3) is 0.400. The minimum atomic E-state index is -1.22. The number of thiophene rings is 1. The molecule has 0 atom stereocenters. The number of carboxylic acid groups (broad SMARTS) is 1. The molecule has 0 aromatic carbocycles. The van der Waals surface area contributed by atoms with Crippen molar-refractivity contribution in [3.8, 4) is 0 Å². The number of amides is 1. The average molecular weight is 306 g/mol. The molecule has 0 aliphatic rings. The molecule has 0 saturated carbocycles. The Morgan fingerprint density at radius 3 is 2.44 bits per heavy atom. The number of carbonyl (C=O) groups excluding carboxylic acids is 1. The van der Waals surface area contributed by atoms with Crippen LogP contribution in [-0.4, -0.2) is 34.5 Å². The van der Waals surface area contributed by atoms with E-state index >= 15 is 0 Å². The van der Waals surface area contributed by atoms with Gasteiger partial charge in [0.25, 0.3) is 5.91 Å². The lowest BCUT2D eigenvalue weighted by Crippen LogP contribution is -2.50. The lowest BCUT2D eigenvalue weighted by molar-refractivity contribution is -0.147. The fourth-order valence-corrected chi connectivity index (χ4v) is 2.51. The summed E-state index contributed by atoms with van der Waals surface area (Å²) in [4.78, 5) is 24.8. The highest BCUT2D eigenvalue weighted by atomic mass is 79.9. The molecular weight excluding hydrogens is 294 g/mol. The van der Waals surface area contributed by atoms with Crippen LogP contribution in [0.15, 0.2) is 15.9 Å². The van der Waals surface area contributed by atoms with Gasteiger partial charge in [0.15, 0.2) is 0 Å². The van der Waals surface area contributed by atoms with Gasteiger partial charge in [0.05, 0.1) is 0 Å². The Morgan fingerprint density at radius 2 is 2.06 bits per heavy atom. The van der Waals surface area contributed by atoms with Crippen LogP contribution in [0.2, 0.25) is 0 Å². The summed E-state index contributed by atoms with van der Waals surface area (Å²) in [6, 6.07) is 1.76. The SMILES string of the molecule is CN(C(=O)c1sccc1Br)C(C)(C)C(=O)O. The Balaban J connectivity index is 3.00. The Kier molecular flexibility index (Phi) is 3.75. The largest absolute Gasteiger partial charge is 0.480 e. The van der Waals surface area contributed by atoms with E-state index in [4.69, 9.17) is 5.11 Å². The van der Waals surface area contributed by atoms with Crippen LogP contribution in [0.5, 0.6) is 0 Å². The maximum absolute atomic E-state index is 12.0. The van der Waals surface area contributed by atoms with E-state index in [1.807, 2.05) is 0 Å². The third kappa shape index (κ3) is 2.27. The summed E-state index contributed by atoms with van der Waals surface area (Å²) in [7, 11) is 1.49. The monoisotopic (exact) mass is 305 g/mol. The molecule has 4 nitrogen and oxygen atoms in total. The summed E-state index contributed by atoms with van der Waals surface area (Å²) in [6.07, 6.45) is 0. The minimum absolute atomic E-state index is 0.297. The van der Waals surface area contributed by atoms with Crippen molar-refractivity contribution in [3.05, 3.63) is 20.8 Å². The molecule has 16 heavy (non-hydrogen) atoms. The molecular formula is C10H12BrNO3S. The number of carbonyl (C=O) groups is 2. The molecule has 0 spiro atoms. The molecule has 88 valence electrons. The van der Waals surface area contributed by atoms with Crippen LogP contribution < -0.4 is 0 Å². The Bertz CT molecular complexity index is 427. The number of aliphatic carboxylic acids is 1. The lowest BCUT2D eigenvalue weighted by Gasteiger charge is -2.31. The third-order valence-electron chi connectivity index (χ3n) is 2.48. The van der Waals surface area contributed by atoms with E-state index in [2.05, 4.69) is 15.9 Å². The molecule has 0 aliphatic carbocycles. The first-order valence-corrected chi connectivity index (χ1v) is 6.20. The van der Waals surface area contributed by atoms with Crippen molar-refractivity contribution < 1.29 is 14.7 Å². The van der Waals surface area contributed by atoms with Gasteiger partial charge in [-0.1, -0.05) is 0 Å². The van der Waals surface area contributed by atoms with Crippen LogP contribution in [0.25, 0.3) is 0 Å². The zero-order valence-corrected chi connectivity index (χ0v) is 11.6. The van der Waals surface area contributed by atoms with E-state index in [0.717, 1.165) is 0 Å². The highest BCUT2D eigenvalue weighted by molar-refractivity contribution is 9.10. The molecule has 1 rings (SSSR count). The average Bonchev–Trinajstić information content (AvgIpc) is 2.61. The van der Waals surface area contributed by atoms with Gasteiger partial charge in [-0.05, 0) is 41.2 Å². The van der Waals surface area contributed by atoms with E-state index in [-0.39, 0.29) is 5.91 Å². The van der Waals surface area contributed by atoms with E-state index in [1.54, 1.807) is 11.4 Å². The molecule has 1 aromatic heterocycles. The smallest absolute Gasteiger partial charge is 0.329 e. The number of halogens is 1. The van der Waals surface area contributed by atoms with Crippen molar-refractivity contribution in [1.29, 1.82) is 0 Å². The maximum Gasteiger partial charge on any atom is 0.329 e. The summed E-state index contributed by atoms with van der Waals surface area (Å²) in [5.41, 5.74) is -1.22. The molecule has 6 heteroatoms. The summed E-state index contributed by atoms with van der Waals surface area (Å²) in [5, 5.41) is 10.8. The summed E-state index contributed by atoms with van der Waals surface area (Å²) < 4.78 is 0.690. The summed E-state index contributed by atoms with van der Waals surface area (Å²) in [5.74, 6) is -1.33. The molecule has 1 heterocycles.